The summed E-state index contributed by atoms with van der Waals surface area (Å²) in [5, 5.41) is 6.59. The van der Waals surface area contributed by atoms with E-state index in [4.69, 9.17) is 15.2 Å². The molecule has 1 aromatic heterocycles. The second kappa shape index (κ2) is 8.35. The summed E-state index contributed by atoms with van der Waals surface area (Å²) >= 11 is 1.39. The van der Waals surface area contributed by atoms with E-state index in [9.17, 15) is 0 Å². The number of nitrogen functional groups attached to an aromatic ring is 1. The minimum atomic E-state index is 0.449. The number of nitrogens with zero attached hydrogens (tertiary/aromatic N) is 2. The van der Waals surface area contributed by atoms with Gasteiger partial charge in [0.1, 0.15) is 12.4 Å². The zero-order valence-corrected chi connectivity index (χ0v) is 15.4. The quantitative estimate of drug-likeness (QED) is 0.485. The van der Waals surface area contributed by atoms with Crippen molar-refractivity contribution in [3.05, 3.63) is 64.5 Å². The van der Waals surface area contributed by atoms with Crippen LogP contribution in [0.5, 0.6) is 11.5 Å². The second-order valence-corrected chi connectivity index (χ2v) is 6.40. The molecule has 1 heterocycles. The highest BCUT2D eigenvalue weighted by atomic mass is 32.1. The molecule has 0 unspecified atom stereocenters. The first-order valence-electron chi connectivity index (χ1n) is 8.01. The van der Waals surface area contributed by atoms with Crippen molar-refractivity contribution in [1.29, 1.82) is 0 Å². The van der Waals surface area contributed by atoms with E-state index in [0.29, 0.717) is 29.1 Å². The van der Waals surface area contributed by atoms with Gasteiger partial charge in [-0.1, -0.05) is 30.3 Å². The number of rotatable bonds is 7. The van der Waals surface area contributed by atoms with Gasteiger partial charge in [0, 0.05) is 10.9 Å². The van der Waals surface area contributed by atoms with Gasteiger partial charge in [0.05, 0.1) is 13.3 Å². The number of hydrogen-bond acceptors (Lipinski definition) is 7. The van der Waals surface area contributed by atoms with Crippen molar-refractivity contribution in [3.8, 4) is 11.5 Å². The lowest BCUT2D eigenvalue weighted by molar-refractivity contribution is 0.283. The van der Waals surface area contributed by atoms with Crippen LogP contribution in [0.2, 0.25) is 0 Å². The summed E-state index contributed by atoms with van der Waals surface area (Å²) in [7, 11) is 1.62. The Labute approximate surface area is 156 Å². The largest absolute Gasteiger partial charge is 0.493 e. The third kappa shape index (κ3) is 4.31. The van der Waals surface area contributed by atoms with Crippen molar-refractivity contribution < 1.29 is 9.47 Å². The standard InChI is InChI=1S/C19H20N4O2S/c1-13-6-3-4-7-15(13)11-25-18-14(8-5-9-16(18)24-2)10-21-23-19-22-17(20)12-26-19/h3-10,12H,11,20H2,1-2H3,(H,22,23). The molecule has 0 radical (unpaired) electrons. The summed E-state index contributed by atoms with van der Waals surface area (Å²) in [6.45, 7) is 2.51. The molecule has 0 aliphatic rings. The maximum atomic E-state index is 6.06. The lowest BCUT2D eigenvalue weighted by Gasteiger charge is -2.14. The molecule has 7 heteroatoms. The van der Waals surface area contributed by atoms with E-state index >= 15 is 0 Å². The van der Waals surface area contributed by atoms with Crippen LogP contribution in [0.4, 0.5) is 10.9 Å². The molecule has 0 aliphatic carbocycles. The van der Waals surface area contributed by atoms with Gasteiger partial charge >= 0.3 is 0 Å². The summed E-state index contributed by atoms with van der Waals surface area (Å²) in [6, 6.07) is 13.8. The Hall–Kier alpha value is -3.06. The van der Waals surface area contributed by atoms with Gasteiger partial charge in [0.25, 0.3) is 0 Å². The number of para-hydroxylation sites is 1. The van der Waals surface area contributed by atoms with E-state index in [2.05, 4.69) is 28.5 Å². The normalized spacial score (nSPS) is 10.8. The van der Waals surface area contributed by atoms with Gasteiger partial charge in [0.2, 0.25) is 5.13 Å². The molecule has 3 N–H and O–H groups in total. The monoisotopic (exact) mass is 368 g/mol. The summed E-state index contributed by atoms with van der Waals surface area (Å²) in [6.07, 6.45) is 1.67. The molecule has 0 aliphatic heterocycles. The number of methoxy groups -OCH3 is 1. The number of hydrazone groups is 1. The molecule has 6 nitrogen and oxygen atoms in total. The van der Waals surface area contributed by atoms with E-state index in [1.165, 1.54) is 16.9 Å². The third-order valence-corrected chi connectivity index (χ3v) is 4.51. The highest BCUT2D eigenvalue weighted by molar-refractivity contribution is 7.14. The molecule has 134 valence electrons. The molecule has 0 saturated carbocycles. The number of thiazole rings is 1. The van der Waals surface area contributed by atoms with E-state index in [1.54, 1.807) is 18.7 Å². The van der Waals surface area contributed by atoms with Crippen molar-refractivity contribution in [2.75, 3.05) is 18.3 Å². The summed E-state index contributed by atoms with van der Waals surface area (Å²) in [5.41, 5.74) is 11.6. The fourth-order valence-corrected chi connectivity index (χ4v) is 2.91. The maximum Gasteiger partial charge on any atom is 0.205 e. The molecule has 0 fully saturated rings. The molecule has 0 bridgehead atoms. The van der Waals surface area contributed by atoms with Crippen LogP contribution in [0.1, 0.15) is 16.7 Å². The van der Waals surface area contributed by atoms with E-state index in [0.717, 1.165) is 11.1 Å². The summed E-state index contributed by atoms with van der Waals surface area (Å²) in [5.74, 6) is 1.76. The molecule has 26 heavy (non-hydrogen) atoms. The van der Waals surface area contributed by atoms with Crippen LogP contribution >= 0.6 is 11.3 Å². The van der Waals surface area contributed by atoms with Crippen molar-refractivity contribution in [1.82, 2.24) is 4.98 Å². The number of hydrogen-bond donors (Lipinski definition) is 2. The van der Waals surface area contributed by atoms with Crippen LogP contribution in [0.25, 0.3) is 0 Å². The Kier molecular flexibility index (Phi) is 5.70. The molecular formula is C19H20N4O2S. The highest BCUT2D eigenvalue weighted by Crippen LogP contribution is 2.31. The first kappa shape index (κ1) is 17.8. The van der Waals surface area contributed by atoms with Gasteiger partial charge in [-0.05, 0) is 30.2 Å². The third-order valence-electron chi connectivity index (χ3n) is 3.75. The Bertz CT molecular complexity index is 908. The second-order valence-electron chi connectivity index (χ2n) is 5.54. The highest BCUT2D eigenvalue weighted by Gasteiger charge is 2.10. The lowest BCUT2D eigenvalue weighted by Crippen LogP contribution is -2.02. The van der Waals surface area contributed by atoms with Crippen molar-refractivity contribution in [2.45, 2.75) is 13.5 Å². The SMILES string of the molecule is COc1cccc(C=NNc2nc(N)cs2)c1OCc1ccccc1C. The molecular weight excluding hydrogens is 348 g/mol. The fourth-order valence-electron chi connectivity index (χ4n) is 2.37. The van der Waals surface area contributed by atoms with Gasteiger partial charge in [-0.25, -0.2) is 4.98 Å². The van der Waals surface area contributed by atoms with Crippen LogP contribution in [-0.4, -0.2) is 18.3 Å². The maximum absolute atomic E-state index is 6.06. The minimum absolute atomic E-state index is 0.449. The average Bonchev–Trinajstić information content (AvgIpc) is 3.06. The van der Waals surface area contributed by atoms with Crippen molar-refractivity contribution >= 4 is 28.5 Å². The van der Waals surface area contributed by atoms with Crippen molar-refractivity contribution in [2.24, 2.45) is 5.10 Å². The van der Waals surface area contributed by atoms with Crippen molar-refractivity contribution in [3.63, 3.8) is 0 Å². The van der Waals surface area contributed by atoms with Gasteiger partial charge in [0.15, 0.2) is 11.5 Å². The summed E-state index contributed by atoms with van der Waals surface area (Å²) < 4.78 is 11.5. The predicted octanol–water partition coefficient (Wildman–Crippen LogP) is 4.07. The van der Waals surface area contributed by atoms with Crippen LogP contribution in [-0.2, 0) is 6.61 Å². The summed E-state index contributed by atoms with van der Waals surface area (Å²) in [4.78, 5) is 4.10. The average molecular weight is 368 g/mol. The number of ether oxygens (including phenoxy) is 2. The molecule has 2 aromatic carbocycles. The number of nitrogens with one attached hydrogen (secondary N) is 1. The number of aromatic nitrogens is 1. The number of aryl methyl sites for hydroxylation is 1. The molecule has 0 saturated heterocycles. The van der Waals surface area contributed by atoms with Crippen LogP contribution in [0.15, 0.2) is 52.9 Å². The lowest BCUT2D eigenvalue weighted by atomic mass is 10.1. The van der Waals surface area contributed by atoms with Gasteiger partial charge in [-0.2, -0.15) is 5.10 Å². The number of anilines is 2. The van der Waals surface area contributed by atoms with Gasteiger partial charge in [-0.3, -0.25) is 5.43 Å². The van der Waals surface area contributed by atoms with Gasteiger partial charge < -0.3 is 15.2 Å². The van der Waals surface area contributed by atoms with Crippen LogP contribution < -0.4 is 20.6 Å². The molecule has 0 atom stereocenters. The molecule has 3 rings (SSSR count). The Morgan fingerprint density at radius 1 is 1.23 bits per heavy atom. The Morgan fingerprint density at radius 3 is 2.81 bits per heavy atom. The van der Waals surface area contributed by atoms with E-state index < -0.39 is 0 Å². The topological polar surface area (TPSA) is 81.8 Å². The first-order valence-corrected chi connectivity index (χ1v) is 8.89. The van der Waals surface area contributed by atoms with Crippen LogP contribution in [0, 0.1) is 6.92 Å². The predicted molar refractivity (Wildman–Crippen MR) is 106 cm³/mol. The van der Waals surface area contributed by atoms with Gasteiger partial charge in [-0.15, -0.1) is 11.3 Å². The first-order chi connectivity index (χ1) is 12.7. The zero-order valence-electron chi connectivity index (χ0n) is 14.6. The molecule has 3 aromatic rings. The molecule has 0 spiro atoms. The fraction of sp³-hybridized carbons (Fsp3) is 0.158. The van der Waals surface area contributed by atoms with E-state index in [-0.39, 0.29) is 0 Å². The Balaban J connectivity index is 1.78. The number of benzene rings is 2. The van der Waals surface area contributed by atoms with Crippen LogP contribution in [0.3, 0.4) is 0 Å². The zero-order chi connectivity index (χ0) is 18.4. The Morgan fingerprint density at radius 2 is 2.08 bits per heavy atom. The minimum Gasteiger partial charge on any atom is -0.493 e. The smallest absolute Gasteiger partial charge is 0.205 e. The molecule has 0 amide bonds. The van der Waals surface area contributed by atoms with E-state index in [1.807, 2.05) is 36.4 Å². The number of nitrogens with two attached hydrogens (primary N) is 1.